The van der Waals surface area contributed by atoms with E-state index in [-0.39, 0.29) is 5.41 Å². The molecule has 0 spiro atoms. The van der Waals surface area contributed by atoms with Crippen LogP contribution < -0.4 is 0 Å². The van der Waals surface area contributed by atoms with Crippen molar-refractivity contribution in [3.8, 4) is 0 Å². The Balaban J connectivity index is 4.14. The van der Waals surface area contributed by atoms with E-state index in [2.05, 4.69) is 20.8 Å². The van der Waals surface area contributed by atoms with E-state index in [9.17, 15) is 5.11 Å². The molecule has 0 aromatic heterocycles. The third-order valence-corrected chi connectivity index (χ3v) is 2.30. The van der Waals surface area contributed by atoms with Crippen LogP contribution in [-0.4, -0.2) is 10.7 Å². The second-order valence-corrected chi connectivity index (χ2v) is 3.88. The summed E-state index contributed by atoms with van der Waals surface area (Å²) >= 11 is 0. The maximum atomic E-state index is 9.66. The van der Waals surface area contributed by atoms with Crippen molar-refractivity contribution in [2.75, 3.05) is 0 Å². The molecule has 9 heavy (non-hydrogen) atoms. The molecule has 56 valence electrons. The van der Waals surface area contributed by atoms with Crippen LogP contribution in [0.2, 0.25) is 0 Å². The molecule has 0 bridgehead atoms. The van der Waals surface area contributed by atoms with E-state index in [1.807, 2.05) is 13.8 Å². The summed E-state index contributed by atoms with van der Waals surface area (Å²) in [5.41, 5.74) is -0.519. The monoisotopic (exact) mass is 130 g/mol. The van der Waals surface area contributed by atoms with Gasteiger partial charge in [0, 0.05) is 0 Å². The zero-order chi connectivity index (χ0) is 7.71. The van der Waals surface area contributed by atoms with Gasteiger partial charge in [-0.2, -0.15) is 0 Å². The zero-order valence-corrected chi connectivity index (χ0v) is 7.15. The fourth-order valence-electron chi connectivity index (χ4n) is 0.530. The number of aliphatic hydroxyl groups is 1. The maximum Gasteiger partial charge on any atom is 0.0665 e. The van der Waals surface area contributed by atoms with Crippen molar-refractivity contribution in [1.29, 1.82) is 0 Å². The molecule has 0 fully saturated rings. The van der Waals surface area contributed by atoms with Crippen LogP contribution in [0.25, 0.3) is 0 Å². The van der Waals surface area contributed by atoms with Gasteiger partial charge in [0.25, 0.3) is 0 Å². The molecular weight excluding hydrogens is 112 g/mol. The SMILES string of the molecule is CCC(C)(O)C(C)(C)C. The average Bonchev–Trinajstić information content (AvgIpc) is 1.64. The molecule has 0 saturated carbocycles. The van der Waals surface area contributed by atoms with Crippen molar-refractivity contribution in [2.45, 2.75) is 46.6 Å². The minimum absolute atomic E-state index is 0.00174. The van der Waals surface area contributed by atoms with Crippen molar-refractivity contribution in [3.05, 3.63) is 0 Å². The Bertz CT molecular complexity index is 87.2. The van der Waals surface area contributed by atoms with Crippen molar-refractivity contribution >= 4 is 0 Å². The van der Waals surface area contributed by atoms with E-state index in [0.29, 0.717) is 0 Å². The summed E-state index contributed by atoms with van der Waals surface area (Å²) in [5, 5.41) is 9.66. The molecule has 1 atom stereocenters. The standard InChI is InChI=1S/C8H18O/c1-6-8(5,9)7(2,3)4/h9H,6H2,1-5H3. The first-order valence-corrected chi connectivity index (χ1v) is 3.53. The fourth-order valence-corrected chi connectivity index (χ4v) is 0.530. The first-order chi connectivity index (χ1) is 3.81. The Morgan fingerprint density at radius 2 is 1.44 bits per heavy atom. The van der Waals surface area contributed by atoms with E-state index < -0.39 is 5.60 Å². The molecule has 0 aliphatic heterocycles. The predicted octanol–water partition coefficient (Wildman–Crippen LogP) is 2.19. The summed E-state index contributed by atoms with van der Waals surface area (Å²) in [5.74, 6) is 0. The molecule has 0 radical (unpaired) electrons. The summed E-state index contributed by atoms with van der Waals surface area (Å²) in [6.07, 6.45) is 0.816. The first kappa shape index (κ1) is 8.96. The molecule has 0 aliphatic rings. The Kier molecular flexibility index (Phi) is 2.29. The number of hydrogen-bond acceptors (Lipinski definition) is 1. The van der Waals surface area contributed by atoms with Gasteiger partial charge in [0.15, 0.2) is 0 Å². The molecule has 0 rings (SSSR count). The van der Waals surface area contributed by atoms with Gasteiger partial charge >= 0.3 is 0 Å². The lowest BCUT2D eigenvalue weighted by Gasteiger charge is -2.36. The predicted molar refractivity (Wildman–Crippen MR) is 40.4 cm³/mol. The molecule has 1 unspecified atom stereocenters. The highest BCUT2D eigenvalue weighted by Crippen LogP contribution is 2.31. The second-order valence-electron chi connectivity index (χ2n) is 3.88. The fraction of sp³-hybridized carbons (Fsp3) is 1.00. The van der Waals surface area contributed by atoms with E-state index in [0.717, 1.165) is 6.42 Å². The van der Waals surface area contributed by atoms with Gasteiger partial charge in [-0.3, -0.25) is 0 Å². The van der Waals surface area contributed by atoms with Crippen LogP contribution in [0.4, 0.5) is 0 Å². The average molecular weight is 130 g/mol. The highest BCUT2D eigenvalue weighted by atomic mass is 16.3. The minimum atomic E-state index is -0.521. The van der Waals surface area contributed by atoms with E-state index in [4.69, 9.17) is 0 Å². The van der Waals surface area contributed by atoms with Crippen molar-refractivity contribution in [3.63, 3.8) is 0 Å². The Morgan fingerprint density at radius 3 is 1.44 bits per heavy atom. The minimum Gasteiger partial charge on any atom is -0.390 e. The summed E-state index contributed by atoms with van der Waals surface area (Å²) < 4.78 is 0. The molecule has 0 heterocycles. The van der Waals surface area contributed by atoms with Gasteiger partial charge in [0.05, 0.1) is 5.60 Å². The topological polar surface area (TPSA) is 20.2 Å². The van der Waals surface area contributed by atoms with E-state index in [1.54, 1.807) is 0 Å². The lowest BCUT2D eigenvalue weighted by atomic mass is 9.76. The third kappa shape index (κ3) is 1.98. The van der Waals surface area contributed by atoms with Crippen LogP contribution in [-0.2, 0) is 0 Å². The van der Waals surface area contributed by atoms with Crippen molar-refractivity contribution in [2.24, 2.45) is 5.41 Å². The van der Waals surface area contributed by atoms with Gasteiger partial charge in [-0.25, -0.2) is 0 Å². The quantitative estimate of drug-likeness (QED) is 0.577. The van der Waals surface area contributed by atoms with Gasteiger partial charge in [-0.1, -0.05) is 27.7 Å². The second kappa shape index (κ2) is 2.30. The highest BCUT2D eigenvalue weighted by molar-refractivity contribution is 4.84. The third-order valence-electron chi connectivity index (χ3n) is 2.30. The summed E-state index contributed by atoms with van der Waals surface area (Å²) in [6.45, 7) is 10.0. The number of hydrogen-bond donors (Lipinski definition) is 1. The van der Waals surface area contributed by atoms with Gasteiger partial charge in [0.1, 0.15) is 0 Å². The highest BCUT2D eigenvalue weighted by Gasteiger charge is 2.32. The van der Waals surface area contributed by atoms with Crippen LogP contribution in [0.3, 0.4) is 0 Å². The lowest BCUT2D eigenvalue weighted by molar-refractivity contribution is -0.0440. The van der Waals surface area contributed by atoms with Gasteiger partial charge in [-0.15, -0.1) is 0 Å². The molecule has 0 saturated heterocycles. The summed E-state index contributed by atoms with van der Waals surface area (Å²) in [4.78, 5) is 0. The first-order valence-electron chi connectivity index (χ1n) is 3.53. The van der Waals surface area contributed by atoms with Crippen LogP contribution >= 0.6 is 0 Å². The normalized spacial score (nSPS) is 19.3. The van der Waals surface area contributed by atoms with Gasteiger partial charge < -0.3 is 5.11 Å². The molecular formula is C8H18O. The Hall–Kier alpha value is -0.0400. The molecule has 0 aromatic rings. The van der Waals surface area contributed by atoms with Crippen molar-refractivity contribution < 1.29 is 5.11 Å². The van der Waals surface area contributed by atoms with E-state index >= 15 is 0 Å². The van der Waals surface area contributed by atoms with Crippen LogP contribution in [0.1, 0.15) is 41.0 Å². The maximum absolute atomic E-state index is 9.66. The zero-order valence-electron chi connectivity index (χ0n) is 7.15. The van der Waals surface area contributed by atoms with Crippen LogP contribution in [0.15, 0.2) is 0 Å². The Labute approximate surface area is 58.1 Å². The number of rotatable bonds is 1. The Morgan fingerprint density at radius 1 is 1.11 bits per heavy atom. The largest absolute Gasteiger partial charge is 0.390 e. The van der Waals surface area contributed by atoms with Crippen LogP contribution in [0, 0.1) is 5.41 Å². The molecule has 1 heteroatoms. The molecule has 0 aromatic carbocycles. The van der Waals surface area contributed by atoms with Crippen LogP contribution in [0.5, 0.6) is 0 Å². The van der Waals surface area contributed by atoms with Gasteiger partial charge in [0.2, 0.25) is 0 Å². The molecule has 0 aliphatic carbocycles. The smallest absolute Gasteiger partial charge is 0.0665 e. The van der Waals surface area contributed by atoms with E-state index in [1.165, 1.54) is 0 Å². The van der Waals surface area contributed by atoms with Gasteiger partial charge in [-0.05, 0) is 18.8 Å². The molecule has 0 amide bonds. The van der Waals surface area contributed by atoms with Crippen molar-refractivity contribution in [1.82, 2.24) is 0 Å². The molecule has 1 N–H and O–H groups in total. The summed E-state index contributed by atoms with van der Waals surface area (Å²) in [6, 6.07) is 0. The lowest BCUT2D eigenvalue weighted by Crippen LogP contribution is -2.38. The molecule has 1 nitrogen and oxygen atoms in total. The summed E-state index contributed by atoms with van der Waals surface area (Å²) in [7, 11) is 0.